The van der Waals surface area contributed by atoms with Gasteiger partial charge in [0.15, 0.2) is 0 Å². The molecule has 0 bridgehead atoms. The van der Waals surface area contributed by atoms with E-state index >= 15 is 0 Å². The average molecular weight is 193 g/mol. The lowest BCUT2D eigenvalue weighted by Crippen LogP contribution is -2.47. The van der Waals surface area contributed by atoms with Crippen LogP contribution in [0.2, 0.25) is 0 Å². The molecule has 1 atom stereocenters. The molecule has 3 nitrogen and oxygen atoms in total. The molecule has 0 aliphatic heterocycles. The predicted molar refractivity (Wildman–Crippen MR) is 54.8 cm³/mol. The molecule has 14 heavy (non-hydrogen) atoms. The summed E-state index contributed by atoms with van der Waals surface area (Å²) in [5.74, 6) is -0.388. The molecule has 0 aliphatic rings. The summed E-state index contributed by atoms with van der Waals surface area (Å²) in [7, 11) is 1.35. The number of esters is 1. The largest absolute Gasteiger partial charge is 0.468 e. The Kier molecular flexibility index (Phi) is 3.25. The van der Waals surface area contributed by atoms with Crippen molar-refractivity contribution in [3.05, 3.63) is 35.9 Å². The third kappa shape index (κ3) is 2.57. The van der Waals surface area contributed by atoms with Gasteiger partial charge in [0, 0.05) is 6.42 Å². The summed E-state index contributed by atoms with van der Waals surface area (Å²) in [6, 6.07) is 9.64. The second-order valence-electron chi connectivity index (χ2n) is 3.57. The molecule has 0 aliphatic carbocycles. The molecule has 1 rings (SSSR count). The van der Waals surface area contributed by atoms with Crippen molar-refractivity contribution in [2.45, 2.75) is 18.9 Å². The summed E-state index contributed by atoms with van der Waals surface area (Å²) in [4.78, 5) is 11.3. The van der Waals surface area contributed by atoms with Crippen LogP contribution in [0, 0.1) is 0 Å². The highest BCUT2D eigenvalue weighted by molar-refractivity contribution is 5.80. The quantitative estimate of drug-likeness (QED) is 0.732. The van der Waals surface area contributed by atoms with Gasteiger partial charge in [-0.05, 0) is 12.5 Å². The van der Waals surface area contributed by atoms with Crippen LogP contribution in [0.5, 0.6) is 0 Å². The number of carbonyl (C=O) groups excluding carboxylic acids is 1. The molecule has 3 heteroatoms. The molecular weight excluding hydrogens is 178 g/mol. The maximum Gasteiger partial charge on any atom is 0.325 e. The lowest BCUT2D eigenvalue weighted by molar-refractivity contribution is -0.146. The fourth-order valence-electron chi connectivity index (χ4n) is 1.33. The van der Waals surface area contributed by atoms with Gasteiger partial charge in [-0.25, -0.2) is 0 Å². The Labute approximate surface area is 83.9 Å². The molecule has 0 radical (unpaired) electrons. The first-order valence-electron chi connectivity index (χ1n) is 4.47. The Hall–Kier alpha value is -1.35. The van der Waals surface area contributed by atoms with Crippen molar-refractivity contribution in [3.63, 3.8) is 0 Å². The molecule has 76 valence electrons. The lowest BCUT2D eigenvalue weighted by atomic mass is 9.94. The third-order valence-corrected chi connectivity index (χ3v) is 2.07. The van der Waals surface area contributed by atoms with E-state index in [1.54, 1.807) is 6.92 Å². The molecule has 0 fully saturated rings. The van der Waals surface area contributed by atoms with Crippen LogP contribution in [-0.4, -0.2) is 18.6 Å². The van der Waals surface area contributed by atoms with Crippen molar-refractivity contribution in [1.82, 2.24) is 0 Å². The van der Waals surface area contributed by atoms with E-state index in [1.165, 1.54) is 7.11 Å². The highest BCUT2D eigenvalue weighted by Crippen LogP contribution is 2.11. The van der Waals surface area contributed by atoms with Crippen LogP contribution in [0.25, 0.3) is 0 Å². The topological polar surface area (TPSA) is 52.3 Å². The average Bonchev–Trinajstić information content (AvgIpc) is 2.17. The van der Waals surface area contributed by atoms with E-state index in [4.69, 9.17) is 5.73 Å². The third-order valence-electron chi connectivity index (χ3n) is 2.07. The van der Waals surface area contributed by atoms with Crippen LogP contribution in [-0.2, 0) is 16.0 Å². The number of hydrogen-bond donors (Lipinski definition) is 1. The number of hydrogen-bond acceptors (Lipinski definition) is 3. The molecule has 0 heterocycles. The number of rotatable bonds is 3. The minimum absolute atomic E-state index is 0.388. The monoisotopic (exact) mass is 193 g/mol. The number of carbonyl (C=O) groups is 1. The highest BCUT2D eigenvalue weighted by atomic mass is 16.5. The van der Waals surface area contributed by atoms with E-state index in [0.717, 1.165) is 5.56 Å². The normalized spacial score (nSPS) is 14.5. The number of nitrogens with two attached hydrogens (primary N) is 1. The van der Waals surface area contributed by atoms with Gasteiger partial charge in [0.1, 0.15) is 5.54 Å². The van der Waals surface area contributed by atoms with Crippen molar-refractivity contribution < 1.29 is 9.53 Å². The minimum Gasteiger partial charge on any atom is -0.468 e. The zero-order valence-electron chi connectivity index (χ0n) is 8.49. The summed E-state index contributed by atoms with van der Waals surface area (Å²) < 4.78 is 4.62. The van der Waals surface area contributed by atoms with Gasteiger partial charge in [0.25, 0.3) is 0 Å². The summed E-state index contributed by atoms with van der Waals surface area (Å²) in [5.41, 5.74) is 5.91. The number of ether oxygens (including phenoxy) is 1. The van der Waals surface area contributed by atoms with Crippen LogP contribution < -0.4 is 5.73 Å². The second kappa shape index (κ2) is 4.24. The second-order valence-corrected chi connectivity index (χ2v) is 3.57. The van der Waals surface area contributed by atoms with Gasteiger partial charge in [0.2, 0.25) is 0 Å². The molecule has 0 amide bonds. The molecule has 1 aromatic rings. The fourth-order valence-corrected chi connectivity index (χ4v) is 1.33. The van der Waals surface area contributed by atoms with Crippen molar-refractivity contribution in [2.75, 3.05) is 7.11 Å². The lowest BCUT2D eigenvalue weighted by Gasteiger charge is -2.21. The summed E-state index contributed by atoms with van der Waals surface area (Å²) >= 11 is 0. The number of methoxy groups -OCH3 is 1. The number of benzene rings is 1. The first kappa shape index (κ1) is 10.7. The molecule has 0 aromatic heterocycles. The van der Waals surface area contributed by atoms with Gasteiger partial charge in [-0.2, -0.15) is 0 Å². The summed E-state index contributed by atoms with van der Waals surface area (Å²) in [6.45, 7) is 1.67. The van der Waals surface area contributed by atoms with Crippen molar-refractivity contribution in [3.8, 4) is 0 Å². The molecule has 0 saturated carbocycles. The molecule has 2 N–H and O–H groups in total. The zero-order chi connectivity index (χ0) is 10.6. The van der Waals surface area contributed by atoms with E-state index in [0.29, 0.717) is 6.42 Å². The van der Waals surface area contributed by atoms with Crippen LogP contribution in [0.3, 0.4) is 0 Å². The molecule has 1 unspecified atom stereocenters. The molecule has 1 aromatic carbocycles. The van der Waals surface area contributed by atoms with E-state index < -0.39 is 5.54 Å². The van der Waals surface area contributed by atoms with Gasteiger partial charge < -0.3 is 10.5 Å². The van der Waals surface area contributed by atoms with Crippen LogP contribution in [0.1, 0.15) is 12.5 Å². The van der Waals surface area contributed by atoms with E-state index in [1.807, 2.05) is 30.3 Å². The van der Waals surface area contributed by atoms with Gasteiger partial charge in [-0.15, -0.1) is 0 Å². The van der Waals surface area contributed by atoms with Gasteiger partial charge in [-0.1, -0.05) is 30.3 Å². The Morgan fingerprint density at radius 1 is 1.43 bits per heavy atom. The maximum atomic E-state index is 11.3. The zero-order valence-corrected chi connectivity index (χ0v) is 8.49. The Bertz CT molecular complexity index is 306. The molecular formula is C11H15NO2. The smallest absolute Gasteiger partial charge is 0.325 e. The highest BCUT2D eigenvalue weighted by Gasteiger charge is 2.29. The Morgan fingerprint density at radius 3 is 2.50 bits per heavy atom. The van der Waals surface area contributed by atoms with Gasteiger partial charge >= 0.3 is 5.97 Å². The van der Waals surface area contributed by atoms with Crippen LogP contribution in [0.4, 0.5) is 0 Å². The van der Waals surface area contributed by atoms with Crippen molar-refractivity contribution >= 4 is 5.97 Å². The summed E-state index contributed by atoms with van der Waals surface area (Å²) in [5, 5.41) is 0. The van der Waals surface area contributed by atoms with Crippen molar-refractivity contribution in [1.29, 1.82) is 0 Å². The molecule has 0 spiro atoms. The summed E-state index contributed by atoms with van der Waals surface area (Å²) in [6.07, 6.45) is 0.487. The first-order chi connectivity index (χ1) is 6.56. The van der Waals surface area contributed by atoms with Crippen molar-refractivity contribution in [2.24, 2.45) is 5.73 Å². The van der Waals surface area contributed by atoms with E-state index in [-0.39, 0.29) is 5.97 Å². The standard InChI is InChI=1S/C11H15NO2/c1-11(12,10(13)14-2)8-9-6-4-3-5-7-9/h3-7H,8,12H2,1-2H3. The Morgan fingerprint density at radius 2 is 2.00 bits per heavy atom. The van der Waals surface area contributed by atoms with Crippen LogP contribution in [0.15, 0.2) is 30.3 Å². The van der Waals surface area contributed by atoms with E-state index in [9.17, 15) is 4.79 Å². The maximum absolute atomic E-state index is 11.3. The van der Waals surface area contributed by atoms with Gasteiger partial charge in [0.05, 0.1) is 7.11 Å². The van der Waals surface area contributed by atoms with Crippen LogP contribution >= 0.6 is 0 Å². The van der Waals surface area contributed by atoms with E-state index in [2.05, 4.69) is 4.74 Å². The predicted octanol–water partition coefficient (Wildman–Crippen LogP) is 1.12. The minimum atomic E-state index is -0.948. The fraction of sp³-hybridized carbons (Fsp3) is 0.364. The van der Waals surface area contributed by atoms with Gasteiger partial charge in [-0.3, -0.25) is 4.79 Å². The molecule has 0 saturated heterocycles. The first-order valence-corrected chi connectivity index (χ1v) is 4.47. The Balaban J connectivity index is 2.73. The SMILES string of the molecule is COC(=O)C(C)(N)Cc1ccccc1.